The summed E-state index contributed by atoms with van der Waals surface area (Å²) in [5.41, 5.74) is 3.80. The summed E-state index contributed by atoms with van der Waals surface area (Å²) >= 11 is 0. The third-order valence-corrected chi connectivity index (χ3v) is 3.52. The van der Waals surface area contributed by atoms with Gasteiger partial charge >= 0.3 is 0 Å². The number of methoxy groups -OCH3 is 1. The summed E-state index contributed by atoms with van der Waals surface area (Å²) in [6.07, 6.45) is 5.33. The molecule has 0 unspecified atom stereocenters. The van der Waals surface area contributed by atoms with E-state index in [-0.39, 0.29) is 0 Å². The molecule has 0 aliphatic rings. The van der Waals surface area contributed by atoms with E-state index >= 15 is 0 Å². The smallest absolute Gasteiger partial charge is 0.144 e. The van der Waals surface area contributed by atoms with Crippen molar-refractivity contribution in [2.75, 3.05) is 7.11 Å². The Balaban J connectivity index is 2.15. The number of hydrogen-bond acceptors (Lipinski definition) is 4. The molecule has 0 fully saturated rings. The lowest BCUT2D eigenvalue weighted by Gasteiger charge is -2.13. The maximum Gasteiger partial charge on any atom is 0.144 e. The van der Waals surface area contributed by atoms with E-state index in [0.29, 0.717) is 0 Å². The second kappa shape index (κ2) is 6.39. The van der Waals surface area contributed by atoms with E-state index in [1.165, 1.54) is 0 Å². The topological polar surface area (TPSA) is 52.8 Å². The van der Waals surface area contributed by atoms with Gasteiger partial charge in [0.15, 0.2) is 0 Å². The van der Waals surface area contributed by atoms with Crippen molar-refractivity contribution in [2.45, 2.75) is 19.8 Å². The molecule has 2 heterocycles. The molecular formula is C17H18N4O. The molecule has 22 heavy (non-hydrogen) atoms. The van der Waals surface area contributed by atoms with Crippen molar-refractivity contribution in [1.82, 2.24) is 20.0 Å². The first kappa shape index (κ1) is 14.3. The molecule has 112 valence electrons. The Hall–Kier alpha value is -2.69. The van der Waals surface area contributed by atoms with Crippen LogP contribution in [-0.2, 0) is 6.42 Å². The van der Waals surface area contributed by atoms with Gasteiger partial charge in [-0.1, -0.05) is 31.5 Å². The molecule has 0 saturated heterocycles. The van der Waals surface area contributed by atoms with Crippen molar-refractivity contribution in [3.05, 3.63) is 54.4 Å². The second-order valence-electron chi connectivity index (χ2n) is 4.95. The monoisotopic (exact) mass is 294 g/mol. The summed E-state index contributed by atoms with van der Waals surface area (Å²) in [6.45, 7) is 2.14. The van der Waals surface area contributed by atoms with Crippen LogP contribution in [0.4, 0.5) is 0 Å². The van der Waals surface area contributed by atoms with Crippen LogP contribution in [0.25, 0.3) is 17.1 Å². The van der Waals surface area contributed by atoms with Crippen LogP contribution in [-0.4, -0.2) is 27.1 Å². The second-order valence-corrected chi connectivity index (χ2v) is 4.95. The average Bonchev–Trinajstić information content (AvgIpc) is 3.05. The molecule has 1 aromatic carbocycles. The van der Waals surface area contributed by atoms with E-state index in [2.05, 4.69) is 22.2 Å². The SMILES string of the molecule is CCCc1c(OC)cnnc1-c1ccnn1-c1ccccc1. The average molecular weight is 294 g/mol. The van der Waals surface area contributed by atoms with Crippen LogP contribution in [0, 0.1) is 0 Å². The summed E-state index contributed by atoms with van der Waals surface area (Å²) in [5.74, 6) is 0.771. The fourth-order valence-corrected chi connectivity index (χ4v) is 2.52. The van der Waals surface area contributed by atoms with Gasteiger partial charge in [0.25, 0.3) is 0 Å². The molecule has 0 radical (unpaired) electrons. The van der Waals surface area contributed by atoms with Gasteiger partial charge in [-0.15, -0.1) is 5.10 Å². The molecule has 0 aliphatic carbocycles. The molecule has 3 aromatic rings. The maximum atomic E-state index is 5.45. The van der Waals surface area contributed by atoms with Gasteiger partial charge < -0.3 is 4.74 Å². The molecule has 2 aromatic heterocycles. The molecule has 0 bridgehead atoms. The van der Waals surface area contributed by atoms with Gasteiger partial charge in [-0.05, 0) is 24.6 Å². The molecule has 0 atom stereocenters. The van der Waals surface area contributed by atoms with Gasteiger partial charge in [0.05, 0.1) is 30.9 Å². The van der Waals surface area contributed by atoms with E-state index < -0.39 is 0 Å². The van der Waals surface area contributed by atoms with Crippen molar-refractivity contribution in [3.8, 4) is 22.8 Å². The Labute approximate surface area is 129 Å². The number of nitrogens with zero attached hydrogens (tertiary/aromatic N) is 4. The Morgan fingerprint density at radius 1 is 1.14 bits per heavy atom. The van der Waals surface area contributed by atoms with Gasteiger partial charge in [-0.2, -0.15) is 10.2 Å². The standard InChI is InChI=1S/C17H18N4O/c1-3-7-14-16(22-2)12-18-20-17(14)15-10-11-19-21(15)13-8-5-4-6-9-13/h4-6,8-12H,3,7H2,1-2H3. The predicted octanol–water partition coefficient (Wildman–Crippen LogP) is 3.29. The van der Waals surface area contributed by atoms with Crippen LogP contribution in [0.5, 0.6) is 5.75 Å². The van der Waals surface area contributed by atoms with Crippen molar-refractivity contribution in [1.29, 1.82) is 0 Å². The third-order valence-electron chi connectivity index (χ3n) is 3.52. The minimum Gasteiger partial charge on any atom is -0.495 e. The largest absolute Gasteiger partial charge is 0.495 e. The molecule has 0 saturated carbocycles. The molecule has 0 aliphatic heterocycles. The lowest BCUT2D eigenvalue weighted by molar-refractivity contribution is 0.406. The summed E-state index contributed by atoms with van der Waals surface area (Å²) in [4.78, 5) is 0. The molecule has 0 N–H and O–H groups in total. The quantitative estimate of drug-likeness (QED) is 0.724. The van der Waals surface area contributed by atoms with Gasteiger partial charge in [0, 0.05) is 5.56 Å². The maximum absolute atomic E-state index is 5.45. The summed E-state index contributed by atoms with van der Waals surface area (Å²) in [5, 5.41) is 12.8. The fraction of sp³-hybridized carbons (Fsp3) is 0.235. The van der Waals surface area contributed by atoms with E-state index in [9.17, 15) is 0 Å². The third kappa shape index (κ3) is 2.57. The lowest BCUT2D eigenvalue weighted by Crippen LogP contribution is -2.05. The molecule has 0 spiro atoms. The van der Waals surface area contributed by atoms with E-state index in [0.717, 1.165) is 41.2 Å². The van der Waals surface area contributed by atoms with Crippen LogP contribution in [0.15, 0.2) is 48.8 Å². The molecule has 3 rings (SSSR count). The first-order valence-corrected chi connectivity index (χ1v) is 7.33. The van der Waals surface area contributed by atoms with Gasteiger partial charge in [-0.3, -0.25) is 0 Å². The number of benzene rings is 1. The van der Waals surface area contributed by atoms with E-state index in [1.54, 1.807) is 19.5 Å². The number of aromatic nitrogens is 4. The Morgan fingerprint density at radius 3 is 2.68 bits per heavy atom. The first-order valence-electron chi connectivity index (χ1n) is 7.33. The van der Waals surface area contributed by atoms with Crippen molar-refractivity contribution in [3.63, 3.8) is 0 Å². The van der Waals surface area contributed by atoms with Gasteiger partial charge in [0.1, 0.15) is 11.4 Å². The zero-order valence-corrected chi connectivity index (χ0v) is 12.7. The fourth-order valence-electron chi connectivity index (χ4n) is 2.52. The zero-order valence-electron chi connectivity index (χ0n) is 12.7. The minimum absolute atomic E-state index is 0.771. The summed E-state index contributed by atoms with van der Waals surface area (Å²) < 4.78 is 7.33. The normalized spacial score (nSPS) is 10.6. The van der Waals surface area contributed by atoms with E-state index in [4.69, 9.17) is 4.74 Å². The van der Waals surface area contributed by atoms with Gasteiger partial charge in [0.2, 0.25) is 0 Å². The number of para-hydroxylation sites is 1. The number of hydrogen-bond donors (Lipinski definition) is 0. The number of ether oxygens (including phenoxy) is 1. The predicted molar refractivity (Wildman–Crippen MR) is 85.1 cm³/mol. The lowest BCUT2D eigenvalue weighted by atomic mass is 10.1. The Kier molecular flexibility index (Phi) is 4.14. The van der Waals surface area contributed by atoms with Crippen molar-refractivity contribution >= 4 is 0 Å². The van der Waals surface area contributed by atoms with Crippen molar-refractivity contribution < 1.29 is 4.74 Å². The molecule has 5 heteroatoms. The zero-order chi connectivity index (χ0) is 15.4. The van der Waals surface area contributed by atoms with Gasteiger partial charge in [-0.25, -0.2) is 4.68 Å². The molecular weight excluding hydrogens is 276 g/mol. The van der Waals surface area contributed by atoms with Crippen LogP contribution in [0.1, 0.15) is 18.9 Å². The van der Waals surface area contributed by atoms with Crippen LogP contribution < -0.4 is 4.74 Å². The Morgan fingerprint density at radius 2 is 1.95 bits per heavy atom. The molecule has 0 amide bonds. The highest BCUT2D eigenvalue weighted by Crippen LogP contribution is 2.30. The molecule has 5 nitrogen and oxygen atoms in total. The highest BCUT2D eigenvalue weighted by molar-refractivity contribution is 5.64. The minimum atomic E-state index is 0.771. The Bertz CT molecular complexity index is 752. The van der Waals surface area contributed by atoms with Crippen LogP contribution in [0.2, 0.25) is 0 Å². The van der Waals surface area contributed by atoms with Crippen molar-refractivity contribution in [2.24, 2.45) is 0 Å². The highest BCUT2D eigenvalue weighted by Gasteiger charge is 2.17. The summed E-state index contributed by atoms with van der Waals surface area (Å²) in [6, 6.07) is 12.0. The van der Waals surface area contributed by atoms with Crippen LogP contribution >= 0.6 is 0 Å². The van der Waals surface area contributed by atoms with E-state index in [1.807, 2.05) is 41.1 Å². The summed E-state index contributed by atoms with van der Waals surface area (Å²) in [7, 11) is 1.66. The number of rotatable bonds is 5. The van der Waals surface area contributed by atoms with Crippen LogP contribution in [0.3, 0.4) is 0 Å². The highest BCUT2D eigenvalue weighted by atomic mass is 16.5. The first-order chi connectivity index (χ1) is 10.8.